The number of carbonyl (C=O) groups is 1. The Bertz CT molecular complexity index is 1930. The van der Waals surface area contributed by atoms with Gasteiger partial charge in [-0.05, 0) is 35.2 Å². The number of nitrogen functional groups attached to an aromatic ring is 1. The maximum atomic E-state index is 11.4. The molecule has 0 spiro atoms. The average molecular weight is 652 g/mol. The minimum Gasteiger partial charge on any atom is -0.492 e. The van der Waals surface area contributed by atoms with Gasteiger partial charge < -0.3 is 34.2 Å². The summed E-state index contributed by atoms with van der Waals surface area (Å²) in [7, 11) is -0.236. The van der Waals surface area contributed by atoms with Gasteiger partial charge in [0.25, 0.3) is 0 Å². The molecule has 2 aromatic carbocycles. The summed E-state index contributed by atoms with van der Waals surface area (Å²) in [4.78, 5) is 23.7. The molecule has 0 bridgehead atoms. The summed E-state index contributed by atoms with van der Waals surface area (Å²) in [6, 6.07) is 12.4. The zero-order valence-corrected chi connectivity index (χ0v) is 27.2. The van der Waals surface area contributed by atoms with Crippen LogP contribution < -0.4 is 24.7 Å². The molecule has 5 rings (SSSR count). The second-order valence-electron chi connectivity index (χ2n) is 11.3. The molecular weight excluding hydrogens is 614 g/mol. The third-order valence-corrected chi connectivity index (χ3v) is 7.27. The van der Waals surface area contributed by atoms with E-state index in [4.69, 9.17) is 19.9 Å². The number of aryl methyl sites for hydroxylation is 1. The Hall–Kier alpha value is -5.31. The van der Waals surface area contributed by atoms with Crippen LogP contribution in [0.1, 0.15) is 36.8 Å². The smallest absolute Gasteiger partial charge is 0.352 e. The van der Waals surface area contributed by atoms with Gasteiger partial charge in [0, 0.05) is 37.1 Å². The molecule has 46 heavy (non-hydrogen) atoms. The number of hydrogen-bond donors (Lipinski definition) is 3. The molecule has 0 aliphatic carbocycles. The van der Waals surface area contributed by atoms with E-state index in [1.54, 1.807) is 66.7 Å². The summed E-state index contributed by atoms with van der Waals surface area (Å²) in [5.41, 5.74) is 8.32. The van der Waals surface area contributed by atoms with E-state index in [-0.39, 0.29) is 17.1 Å². The minimum atomic E-state index is -3.37. The van der Waals surface area contributed by atoms with E-state index < -0.39 is 16.0 Å². The Morgan fingerprint density at radius 2 is 1.89 bits per heavy atom. The fourth-order valence-corrected chi connectivity index (χ4v) is 5.03. The molecule has 0 amide bonds. The molecule has 0 radical (unpaired) electrons. The standard InChI is InChI=1S/C19H17N5O4.C12H20N2O3S/c1-23-14(18(25)26)11-13-3-2-4-15(17(13)23)28-16-5-6-21-19(22-16)27-10-9-24-8-7-20-12-24;1-12(2,3)8-6-9(13)11(17-4)10(7-8)14-18(5,15)16/h2-8,11-12H,9-10H2,1H3,(H,25,26);6-7,14H,13H2,1-5H3. The van der Waals surface area contributed by atoms with E-state index in [9.17, 15) is 18.3 Å². The Morgan fingerprint density at radius 1 is 1.13 bits per heavy atom. The SMILES string of the molecule is COc1c(N)cc(C(C)(C)C)cc1NS(C)(=O)=O.Cn1c(C(=O)O)cc2cccc(Oc3ccnc(OCCn4ccnc4)n3)c21. The lowest BCUT2D eigenvalue weighted by Crippen LogP contribution is -2.15. The van der Waals surface area contributed by atoms with Crippen molar-refractivity contribution in [1.29, 1.82) is 0 Å². The minimum absolute atomic E-state index is 0.131. The Morgan fingerprint density at radius 3 is 2.52 bits per heavy atom. The highest BCUT2D eigenvalue weighted by Gasteiger charge is 2.20. The Labute approximate surface area is 266 Å². The van der Waals surface area contributed by atoms with Crippen molar-refractivity contribution in [3.05, 3.63) is 78.6 Å². The number of aromatic carboxylic acids is 1. The van der Waals surface area contributed by atoms with Crippen LogP contribution >= 0.6 is 0 Å². The summed E-state index contributed by atoms with van der Waals surface area (Å²) in [6.45, 7) is 7.08. The van der Waals surface area contributed by atoms with Crippen molar-refractivity contribution < 1.29 is 32.5 Å². The third-order valence-electron chi connectivity index (χ3n) is 6.68. The van der Waals surface area contributed by atoms with Gasteiger partial charge in [0.15, 0.2) is 11.5 Å². The van der Waals surface area contributed by atoms with Gasteiger partial charge >= 0.3 is 12.0 Å². The van der Waals surface area contributed by atoms with Crippen molar-refractivity contribution in [1.82, 2.24) is 24.1 Å². The number of para-hydroxylation sites is 1. The van der Waals surface area contributed by atoms with Crippen LogP contribution in [0, 0.1) is 0 Å². The first-order chi connectivity index (χ1) is 21.7. The molecule has 0 aliphatic rings. The summed E-state index contributed by atoms with van der Waals surface area (Å²) < 4.78 is 45.2. The fraction of sp³-hybridized carbons (Fsp3) is 0.290. The summed E-state index contributed by atoms with van der Waals surface area (Å²) >= 11 is 0. The number of nitrogens with zero attached hydrogens (tertiary/aromatic N) is 5. The van der Waals surface area contributed by atoms with Gasteiger partial charge in [-0.15, -0.1) is 0 Å². The summed E-state index contributed by atoms with van der Waals surface area (Å²) in [5.74, 6) is 0.141. The van der Waals surface area contributed by atoms with E-state index >= 15 is 0 Å². The highest BCUT2D eigenvalue weighted by atomic mass is 32.2. The highest BCUT2D eigenvalue weighted by molar-refractivity contribution is 7.92. The first-order valence-corrected chi connectivity index (χ1v) is 15.9. The molecule has 0 saturated carbocycles. The summed E-state index contributed by atoms with van der Waals surface area (Å²) in [6.07, 6.45) is 7.88. The maximum absolute atomic E-state index is 11.4. The topological polar surface area (TPSA) is 186 Å². The van der Waals surface area contributed by atoms with Gasteiger partial charge in [0.05, 0.1) is 43.1 Å². The van der Waals surface area contributed by atoms with Crippen LogP contribution in [0.25, 0.3) is 10.9 Å². The molecule has 15 heteroatoms. The van der Waals surface area contributed by atoms with Crippen molar-refractivity contribution >= 4 is 38.3 Å². The fourth-order valence-electron chi connectivity index (χ4n) is 4.48. The van der Waals surface area contributed by atoms with E-state index in [1.165, 1.54) is 7.11 Å². The van der Waals surface area contributed by atoms with Crippen molar-refractivity contribution in [3.8, 4) is 23.4 Å². The molecule has 244 valence electrons. The van der Waals surface area contributed by atoms with Gasteiger partial charge in [-0.2, -0.15) is 4.98 Å². The van der Waals surface area contributed by atoms with Crippen LogP contribution in [0.3, 0.4) is 0 Å². The van der Waals surface area contributed by atoms with Crippen LogP contribution in [0.15, 0.2) is 67.4 Å². The number of anilines is 2. The molecule has 4 N–H and O–H groups in total. The Kier molecular flexibility index (Phi) is 10.1. The van der Waals surface area contributed by atoms with Crippen molar-refractivity contribution in [2.45, 2.75) is 32.7 Å². The number of carboxylic acid groups (broad SMARTS) is 1. The van der Waals surface area contributed by atoms with Gasteiger partial charge in [-0.3, -0.25) is 4.72 Å². The van der Waals surface area contributed by atoms with Crippen molar-refractivity contribution in [2.24, 2.45) is 7.05 Å². The number of ether oxygens (including phenoxy) is 3. The van der Waals surface area contributed by atoms with E-state index in [0.29, 0.717) is 47.4 Å². The molecule has 14 nitrogen and oxygen atoms in total. The first-order valence-electron chi connectivity index (χ1n) is 14.0. The number of nitrogens with two attached hydrogens (primary N) is 1. The summed E-state index contributed by atoms with van der Waals surface area (Å²) in [5, 5.41) is 10.1. The number of aromatic nitrogens is 5. The van der Waals surface area contributed by atoms with E-state index in [1.807, 2.05) is 37.6 Å². The van der Waals surface area contributed by atoms with Gasteiger partial charge in [0.2, 0.25) is 15.9 Å². The van der Waals surface area contributed by atoms with E-state index in [0.717, 1.165) is 17.2 Å². The molecule has 3 aromatic heterocycles. The number of imidazole rings is 1. The maximum Gasteiger partial charge on any atom is 0.352 e. The quantitative estimate of drug-likeness (QED) is 0.178. The molecule has 3 heterocycles. The molecule has 0 fully saturated rings. The third kappa shape index (κ3) is 8.44. The molecule has 5 aromatic rings. The van der Waals surface area contributed by atoms with E-state index in [2.05, 4.69) is 19.7 Å². The Balaban J connectivity index is 0.000000232. The lowest BCUT2D eigenvalue weighted by atomic mass is 9.86. The number of rotatable bonds is 10. The molecule has 0 aliphatic heterocycles. The predicted octanol–water partition coefficient (Wildman–Crippen LogP) is 4.68. The van der Waals surface area contributed by atoms with Crippen LogP contribution in [-0.4, -0.2) is 63.6 Å². The zero-order valence-electron chi connectivity index (χ0n) is 26.4. The number of fused-ring (bicyclic) bond motifs is 1. The highest BCUT2D eigenvalue weighted by Crippen LogP contribution is 2.37. The monoisotopic (exact) mass is 651 g/mol. The first kappa shape index (κ1) is 33.6. The zero-order chi connectivity index (χ0) is 33.6. The van der Waals surface area contributed by atoms with Gasteiger partial charge in [-0.25, -0.2) is 23.2 Å². The van der Waals surface area contributed by atoms with Gasteiger partial charge in [0.1, 0.15) is 12.3 Å². The number of benzene rings is 2. The predicted molar refractivity (Wildman–Crippen MR) is 174 cm³/mol. The molecule has 0 unspecified atom stereocenters. The van der Waals surface area contributed by atoms with Crippen LogP contribution in [0.4, 0.5) is 11.4 Å². The molecule has 0 saturated heterocycles. The van der Waals surface area contributed by atoms with Crippen molar-refractivity contribution in [2.75, 3.05) is 30.4 Å². The largest absolute Gasteiger partial charge is 0.492 e. The molecule has 0 atom stereocenters. The van der Waals surface area contributed by atoms with Crippen molar-refractivity contribution in [3.63, 3.8) is 0 Å². The lowest BCUT2D eigenvalue weighted by Gasteiger charge is -2.22. The van der Waals surface area contributed by atoms with Crippen LogP contribution in [-0.2, 0) is 29.0 Å². The number of methoxy groups -OCH3 is 1. The van der Waals surface area contributed by atoms with Gasteiger partial charge in [-0.1, -0.05) is 32.9 Å². The second kappa shape index (κ2) is 13.8. The normalized spacial score (nSPS) is 11.4. The van der Waals surface area contributed by atoms with Crippen LogP contribution in [0.5, 0.6) is 23.4 Å². The molecular formula is C31H37N7O7S. The number of hydrogen-bond acceptors (Lipinski definition) is 10. The average Bonchev–Trinajstić information content (AvgIpc) is 3.60. The number of sulfonamides is 1. The number of carboxylic acids is 1. The lowest BCUT2D eigenvalue weighted by molar-refractivity contribution is 0.0687. The van der Waals surface area contributed by atoms with Crippen LogP contribution in [0.2, 0.25) is 0 Å². The second-order valence-corrected chi connectivity index (χ2v) is 13.0. The number of nitrogens with one attached hydrogen (secondary N) is 1.